The summed E-state index contributed by atoms with van der Waals surface area (Å²) in [6.45, 7) is 6.11. The highest BCUT2D eigenvalue weighted by atomic mass is 16.5. The van der Waals surface area contributed by atoms with Crippen molar-refractivity contribution in [2.24, 2.45) is 0 Å². The number of nitrogens with one attached hydrogen (secondary N) is 2. The molecule has 1 atom stereocenters. The fourth-order valence-electron chi connectivity index (χ4n) is 2.16. The third-order valence-corrected chi connectivity index (χ3v) is 3.00. The Morgan fingerprint density at radius 1 is 1.45 bits per heavy atom. The van der Waals surface area contributed by atoms with E-state index in [9.17, 15) is 4.79 Å². The molecule has 1 aliphatic heterocycles. The van der Waals surface area contributed by atoms with Crippen LogP contribution >= 0.6 is 0 Å². The molecule has 1 aromatic rings. The van der Waals surface area contributed by atoms with E-state index in [1.165, 1.54) is 0 Å². The monoisotopic (exact) mass is 278 g/mol. The third kappa shape index (κ3) is 4.92. The van der Waals surface area contributed by atoms with E-state index in [-0.39, 0.29) is 24.2 Å². The molecule has 5 heteroatoms. The second-order valence-electron chi connectivity index (χ2n) is 5.56. The molecule has 1 aliphatic rings. The van der Waals surface area contributed by atoms with Crippen molar-refractivity contribution in [1.82, 2.24) is 5.32 Å². The molecule has 0 radical (unpaired) electrons. The topological polar surface area (TPSA) is 59.6 Å². The van der Waals surface area contributed by atoms with E-state index in [1.807, 2.05) is 44.2 Å². The smallest absolute Gasteiger partial charge is 0.250 e. The van der Waals surface area contributed by atoms with E-state index in [1.54, 1.807) is 0 Å². The zero-order valence-electron chi connectivity index (χ0n) is 12.0. The molecule has 0 aromatic heterocycles. The molecule has 0 aliphatic carbocycles. The average Bonchev–Trinajstić information content (AvgIpc) is 2.38. The maximum atomic E-state index is 11.7. The average molecular weight is 278 g/mol. The molecule has 110 valence electrons. The Morgan fingerprint density at radius 2 is 2.20 bits per heavy atom. The summed E-state index contributed by atoms with van der Waals surface area (Å²) in [6.07, 6.45) is -0.0109. The van der Waals surface area contributed by atoms with Crippen molar-refractivity contribution in [2.45, 2.75) is 25.6 Å². The number of rotatable bonds is 5. The summed E-state index contributed by atoms with van der Waals surface area (Å²) in [4.78, 5) is 11.7. The van der Waals surface area contributed by atoms with Crippen LogP contribution in [0.25, 0.3) is 0 Å². The Hall–Kier alpha value is -1.43. The zero-order chi connectivity index (χ0) is 14.4. The van der Waals surface area contributed by atoms with Crippen LogP contribution < -0.4 is 10.6 Å². The lowest BCUT2D eigenvalue weighted by atomic mass is 10.1. The molecule has 5 nitrogen and oxygen atoms in total. The van der Waals surface area contributed by atoms with Gasteiger partial charge < -0.3 is 20.1 Å². The summed E-state index contributed by atoms with van der Waals surface area (Å²) < 4.78 is 11.3. The predicted molar refractivity (Wildman–Crippen MR) is 77.7 cm³/mol. The number of hydrogen-bond donors (Lipinski definition) is 2. The molecule has 20 heavy (non-hydrogen) atoms. The van der Waals surface area contributed by atoms with Gasteiger partial charge >= 0.3 is 0 Å². The van der Waals surface area contributed by atoms with Crippen LogP contribution in [0.4, 0.5) is 5.69 Å². The molecule has 1 amide bonds. The van der Waals surface area contributed by atoms with Crippen molar-refractivity contribution in [2.75, 3.05) is 31.6 Å². The van der Waals surface area contributed by atoms with Crippen LogP contribution in [0.1, 0.15) is 13.8 Å². The number of amides is 1. The standard InChI is InChI=1S/C15H22N2O3/c1-15(2)11-16-8-13(20-15)9-19-10-14(18)17-12-6-4-3-5-7-12/h3-7,13,16H,8-11H2,1-2H3,(H,17,18). The second kappa shape index (κ2) is 6.83. The van der Waals surface area contributed by atoms with Crippen molar-refractivity contribution in [3.63, 3.8) is 0 Å². The molecule has 0 spiro atoms. The van der Waals surface area contributed by atoms with E-state index in [0.29, 0.717) is 6.61 Å². The number of benzene rings is 1. The highest BCUT2D eigenvalue weighted by molar-refractivity contribution is 5.91. The lowest BCUT2D eigenvalue weighted by molar-refractivity contribution is -0.132. The number of anilines is 1. The Balaban J connectivity index is 1.67. The van der Waals surface area contributed by atoms with E-state index in [4.69, 9.17) is 9.47 Å². The molecule has 1 aromatic carbocycles. The maximum Gasteiger partial charge on any atom is 0.250 e. The normalized spacial score (nSPS) is 21.4. The molecule has 1 fully saturated rings. The van der Waals surface area contributed by atoms with Gasteiger partial charge in [0.05, 0.1) is 18.3 Å². The van der Waals surface area contributed by atoms with E-state index < -0.39 is 0 Å². The summed E-state index contributed by atoms with van der Waals surface area (Å²) >= 11 is 0. The highest BCUT2D eigenvalue weighted by Crippen LogP contribution is 2.15. The summed E-state index contributed by atoms with van der Waals surface area (Å²) in [5.74, 6) is -0.153. The largest absolute Gasteiger partial charge is 0.369 e. The van der Waals surface area contributed by atoms with Crippen LogP contribution in [0.2, 0.25) is 0 Å². The summed E-state index contributed by atoms with van der Waals surface area (Å²) in [6, 6.07) is 9.34. The number of carbonyl (C=O) groups excluding carboxylic acids is 1. The number of carbonyl (C=O) groups is 1. The molecule has 2 N–H and O–H groups in total. The van der Waals surface area contributed by atoms with Gasteiger partial charge in [0.15, 0.2) is 0 Å². The minimum atomic E-state index is -0.182. The summed E-state index contributed by atoms with van der Waals surface area (Å²) in [7, 11) is 0. The van der Waals surface area contributed by atoms with Gasteiger partial charge in [-0.15, -0.1) is 0 Å². The molecular weight excluding hydrogens is 256 g/mol. The van der Waals surface area contributed by atoms with Crippen LogP contribution in [0, 0.1) is 0 Å². The predicted octanol–water partition coefficient (Wildman–Crippen LogP) is 1.41. The fourth-order valence-corrected chi connectivity index (χ4v) is 2.16. The first-order chi connectivity index (χ1) is 9.55. The Morgan fingerprint density at radius 3 is 2.90 bits per heavy atom. The Kier molecular flexibility index (Phi) is 5.11. The van der Waals surface area contributed by atoms with Gasteiger partial charge in [-0.1, -0.05) is 18.2 Å². The van der Waals surface area contributed by atoms with Gasteiger partial charge in [0, 0.05) is 18.8 Å². The van der Waals surface area contributed by atoms with E-state index in [2.05, 4.69) is 10.6 Å². The van der Waals surface area contributed by atoms with Crippen molar-refractivity contribution in [1.29, 1.82) is 0 Å². The highest BCUT2D eigenvalue weighted by Gasteiger charge is 2.28. The molecule has 1 unspecified atom stereocenters. The first-order valence-electron chi connectivity index (χ1n) is 6.86. The van der Waals surface area contributed by atoms with Crippen molar-refractivity contribution < 1.29 is 14.3 Å². The van der Waals surface area contributed by atoms with E-state index in [0.717, 1.165) is 18.8 Å². The van der Waals surface area contributed by atoms with Gasteiger partial charge in [-0.05, 0) is 26.0 Å². The maximum absolute atomic E-state index is 11.7. The second-order valence-corrected chi connectivity index (χ2v) is 5.56. The lowest BCUT2D eigenvalue weighted by Gasteiger charge is -2.36. The quantitative estimate of drug-likeness (QED) is 0.855. The van der Waals surface area contributed by atoms with Gasteiger partial charge in [-0.25, -0.2) is 0 Å². The number of morpholine rings is 1. The molecule has 0 bridgehead atoms. The summed E-state index contributed by atoms with van der Waals surface area (Å²) in [5, 5.41) is 6.07. The molecular formula is C15H22N2O3. The minimum absolute atomic E-state index is 0.0109. The van der Waals surface area contributed by atoms with Crippen LogP contribution in [-0.4, -0.2) is 43.9 Å². The van der Waals surface area contributed by atoms with Crippen LogP contribution in [0.15, 0.2) is 30.3 Å². The molecule has 2 rings (SSSR count). The van der Waals surface area contributed by atoms with Gasteiger partial charge in [-0.3, -0.25) is 4.79 Å². The Bertz CT molecular complexity index is 434. The van der Waals surface area contributed by atoms with E-state index >= 15 is 0 Å². The first-order valence-corrected chi connectivity index (χ1v) is 6.86. The number of para-hydroxylation sites is 1. The fraction of sp³-hybridized carbons (Fsp3) is 0.533. The van der Waals surface area contributed by atoms with Crippen molar-refractivity contribution in [3.05, 3.63) is 30.3 Å². The first kappa shape index (κ1) is 15.0. The SMILES string of the molecule is CC1(C)CNCC(COCC(=O)Nc2ccccc2)O1. The summed E-state index contributed by atoms with van der Waals surface area (Å²) in [5.41, 5.74) is 0.594. The van der Waals surface area contributed by atoms with Crippen LogP contribution in [0.3, 0.4) is 0 Å². The van der Waals surface area contributed by atoms with Crippen LogP contribution in [-0.2, 0) is 14.3 Å². The number of hydrogen-bond acceptors (Lipinski definition) is 4. The Labute approximate surface area is 119 Å². The van der Waals surface area contributed by atoms with Gasteiger partial charge in [0.2, 0.25) is 5.91 Å². The third-order valence-electron chi connectivity index (χ3n) is 3.00. The van der Waals surface area contributed by atoms with Crippen molar-refractivity contribution >= 4 is 11.6 Å². The van der Waals surface area contributed by atoms with Gasteiger partial charge in [0.25, 0.3) is 0 Å². The number of ether oxygens (including phenoxy) is 2. The molecule has 1 heterocycles. The van der Waals surface area contributed by atoms with Gasteiger partial charge in [0.1, 0.15) is 6.61 Å². The van der Waals surface area contributed by atoms with Gasteiger partial charge in [-0.2, -0.15) is 0 Å². The molecule has 0 saturated carbocycles. The van der Waals surface area contributed by atoms with Crippen molar-refractivity contribution in [3.8, 4) is 0 Å². The van der Waals surface area contributed by atoms with Crippen LogP contribution in [0.5, 0.6) is 0 Å². The lowest BCUT2D eigenvalue weighted by Crippen LogP contribution is -2.52. The minimum Gasteiger partial charge on any atom is -0.369 e. The molecule has 1 saturated heterocycles. The zero-order valence-corrected chi connectivity index (χ0v) is 12.0.